The summed E-state index contributed by atoms with van der Waals surface area (Å²) in [6.07, 6.45) is 3.70. The number of nitrogens with zero attached hydrogens (tertiary/aromatic N) is 5. The highest BCUT2D eigenvalue weighted by Crippen LogP contribution is 2.30. The van der Waals surface area contributed by atoms with Crippen LogP contribution in [0.2, 0.25) is 5.02 Å². The fourth-order valence-corrected chi connectivity index (χ4v) is 3.60. The summed E-state index contributed by atoms with van der Waals surface area (Å²) in [5, 5.41) is 5.38. The lowest BCUT2D eigenvalue weighted by atomic mass is 9.92. The van der Waals surface area contributed by atoms with Gasteiger partial charge in [-0.15, -0.1) is 0 Å². The number of hydrogen-bond donors (Lipinski definition) is 0. The normalized spacial score (nSPS) is 12.1. The predicted molar refractivity (Wildman–Crippen MR) is 117 cm³/mol. The summed E-state index contributed by atoms with van der Waals surface area (Å²) >= 11 is 6.08. The lowest BCUT2D eigenvalue weighted by molar-refractivity contribution is 0.567. The first kappa shape index (κ1) is 17.9. The minimum Gasteiger partial charge on any atom is -0.283 e. The van der Waals surface area contributed by atoms with E-state index in [1.165, 1.54) is 0 Å². The summed E-state index contributed by atoms with van der Waals surface area (Å²) in [5.74, 6) is 0.911. The van der Waals surface area contributed by atoms with Crippen molar-refractivity contribution in [1.82, 2.24) is 24.1 Å². The summed E-state index contributed by atoms with van der Waals surface area (Å²) in [5.41, 5.74) is 5.67. The summed E-state index contributed by atoms with van der Waals surface area (Å²) < 4.78 is 3.95. The first-order valence-corrected chi connectivity index (χ1v) is 9.87. The van der Waals surface area contributed by atoms with Crippen molar-refractivity contribution < 1.29 is 0 Å². The highest BCUT2D eigenvalue weighted by Gasteiger charge is 2.22. The van der Waals surface area contributed by atoms with E-state index in [9.17, 15) is 0 Å². The number of halogens is 1. The number of imidazole rings is 1. The van der Waals surface area contributed by atoms with E-state index in [1.807, 2.05) is 59.5 Å². The Morgan fingerprint density at radius 1 is 0.966 bits per heavy atom. The molecular formula is C23H20ClN5. The summed E-state index contributed by atoms with van der Waals surface area (Å²) in [4.78, 5) is 9.54. The molecule has 0 saturated heterocycles. The Hall–Kier alpha value is -3.18. The van der Waals surface area contributed by atoms with Gasteiger partial charge in [0.25, 0.3) is 0 Å². The molecule has 3 aromatic heterocycles. The van der Waals surface area contributed by atoms with E-state index >= 15 is 0 Å². The zero-order valence-electron chi connectivity index (χ0n) is 16.5. The first-order chi connectivity index (χ1) is 13.9. The first-order valence-electron chi connectivity index (χ1n) is 9.49. The lowest BCUT2D eigenvalue weighted by Gasteiger charge is -2.20. The molecule has 0 radical (unpaired) electrons. The number of benzene rings is 2. The van der Waals surface area contributed by atoms with E-state index < -0.39 is 0 Å². The molecule has 0 spiro atoms. The molecule has 0 bridgehead atoms. The van der Waals surface area contributed by atoms with Crippen LogP contribution in [0, 0.1) is 0 Å². The molecule has 5 aromatic rings. The van der Waals surface area contributed by atoms with Crippen molar-refractivity contribution in [2.24, 2.45) is 0 Å². The molecule has 0 N–H and O–H groups in total. The number of para-hydroxylation sites is 2. The van der Waals surface area contributed by atoms with Crippen LogP contribution in [0.25, 0.3) is 33.6 Å². The second kappa shape index (κ2) is 6.42. The van der Waals surface area contributed by atoms with Crippen LogP contribution in [0.5, 0.6) is 0 Å². The topological polar surface area (TPSA) is 48.0 Å². The summed E-state index contributed by atoms with van der Waals surface area (Å²) in [6.45, 7) is 6.50. The molecular weight excluding hydrogens is 382 g/mol. The zero-order valence-corrected chi connectivity index (χ0v) is 17.2. The standard InChI is InChI=1S/C23H20ClN5/c1-23(2,3)20-12-21(28-14-25-18-6-4-5-7-19(18)28)29-22(27-20)17(13-26-29)15-8-10-16(24)11-9-15/h4-14H,1-3H3. The van der Waals surface area contributed by atoms with Crippen LogP contribution in [-0.4, -0.2) is 24.1 Å². The quantitative estimate of drug-likeness (QED) is 0.382. The SMILES string of the molecule is CC(C)(C)c1cc(-n2cnc3ccccc32)n2ncc(-c3ccc(Cl)cc3)c2n1. The molecule has 2 aromatic carbocycles. The van der Waals surface area contributed by atoms with Crippen molar-refractivity contribution in [3.8, 4) is 16.9 Å². The van der Waals surface area contributed by atoms with E-state index in [2.05, 4.69) is 47.6 Å². The van der Waals surface area contributed by atoms with Crippen molar-refractivity contribution in [1.29, 1.82) is 0 Å². The van der Waals surface area contributed by atoms with Gasteiger partial charge in [0.2, 0.25) is 0 Å². The zero-order chi connectivity index (χ0) is 20.2. The summed E-state index contributed by atoms with van der Waals surface area (Å²) in [6, 6.07) is 18.0. The molecule has 0 fully saturated rings. The fourth-order valence-electron chi connectivity index (χ4n) is 3.48. The van der Waals surface area contributed by atoms with Gasteiger partial charge in [0, 0.05) is 22.1 Å². The third-order valence-electron chi connectivity index (χ3n) is 5.08. The number of fused-ring (bicyclic) bond motifs is 2. The molecule has 0 aliphatic rings. The molecule has 0 aliphatic carbocycles. The molecule has 5 nitrogen and oxygen atoms in total. The third-order valence-corrected chi connectivity index (χ3v) is 5.33. The Kier molecular flexibility index (Phi) is 3.96. The fraction of sp³-hybridized carbons (Fsp3) is 0.174. The Morgan fingerprint density at radius 2 is 1.72 bits per heavy atom. The molecule has 3 heterocycles. The Balaban J connectivity index is 1.83. The highest BCUT2D eigenvalue weighted by atomic mass is 35.5. The number of aromatic nitrogens is 5. The van der Waals surface area contributed by atoms with Crippen molar-refractivity contribution in [3.63, 3.8) is 0 Å². The van der Waals surface area contributed by atoms with Crippen LogP contribution >= 0.6 is 11.6 Å². The number of hydrogen-bond acceptors (Lipinski definition) is 3. The third kappa shape index (κ3) is 2.98. The minimum atomic E-state index is -0.117. The maximum Gasteiger partial charge on any atom is 0.165 e. The molecule has 5 rings (SSSR count). The Morgan fingerprint density at radius 3 is 2.48 bits per heavy atom. The van der Waals surface area contributed by atoms with Crippen LogP contribution in [0.3, 0.4) is 0 Å². The van der Waals surface area contributed by atoms with E-state index in [0.29, 0.717) is 5.02 Å². The van der Waals surface area contributed by atoms with Crippen molar-refractivity contribution >= 4 is 28.3 Å². The average molecular weight is 402 g/mol. The monoisotopic (exact) mass is 401 g/mol. The highest BCUT2D eigenvalue weighted by molar-refractivity contribution is 6.30. The van der Waals surface area contributed by atoms with E-state index in [4.69, 9.17) is 16.6 Å². The van der Waals surface area contributed by atoms with Crippen molar-refractivity contribution in [2.75, 3.05) is 0 Å². The van der Waals surface area contributed by atoms with Crippen LogP contribution in [0.15, 0.2) is 67.1 Å². The molecule has 0 aliphatic heterocycles. The Labute approximate surface area is 173 Å². The van der Waals surface area contributed by atoms with Gasteiger partial charge in [0.05, 0.1) is 22.9 Å². The maximum absolute atomic E-state index is 6.08. The lowest BCUT2D eigenvalue weighted by Crippen LogP contribution is -2.16. The van der Waals surface area contributed by atoms with E-state index in [1.54, 1.807) is 0 Å². The van der Waals surface area contributed by atoms with Crippen LogP contribution in [-0.2, 0) is 5.41 Å². The van der Waals surface area contributed by atoms with Crippen LogP contribution in [0.4, 0.5) is 0 Å². The van der Waals surface area contributed by atoms with Gasteiger partial charge in [0.1, 0.15) is 12.1 Å². The van der Waals surface area contributed by atoms with Gasteiger partial charge in [0.15, 0.2) is 5.65 Å². The van der Waals surface area contributed by atoms with Crippen molar-refractivity contribution in [3.05, 3.63) is 77.8 Å². The van der Waals surface area contributed by atoms with Gasteiger partial charge in [-0.25, -0.2) is 9.97 Å². The van der Waals surface area contributed by atoms with Gasteiger partial charge in [-0.2, -0.15) is 9.61 Å². The molecule has 144 valence electrons. The van der Waals surface area contributed by atoms with Gasteiger partial charge in [-0.3, -0.25) is 4.57 Å². The molecule has 0 amide bonds. The minimum absolute atomic E-state index is 0.117. The molecule has 0 saturated carbocycles. The molecule has 29 heavy (non-hydrogen) atoms. The molecule has 0 unspecified atom stereocenters. The van der Waals surface area contributed by atoms with E-state index in [0.717, 1.165) is 39.3 Å². The smallest absolute Gasteiger partial charge is 0.165 e. The second-order valence-electron chi connectivity index (χ2n) is 8.15. The van der Waals surface area contributed by atoms with Crippen LogP contribution in [0.1, 0.15) is 26.5 Å². The second-order valence-corrected chi connectivity index (χ2v) is 8.59. The molecule has 0 atom stereocenters. The number of rotatable bonds is 2. The van der Waals surface area contributed by atoms with Gasteiger partial charge in [-0.1, -0.05) is 56.6 Å². The Bertz CT molecular complexity index is 1340. The predicted octanol–water partition coefficient (Wildman–Crippen LogP) is 5.69. The van der Waals surface area contributed by atoms with Crippen LogP contribution < -0.4 is 0 Å². The molecule has 6 heteroatoms. The van der Waals surface area contributed by atoms with Gasteiger partial charge < -0.3 is 0 Å². The van der Waals surface area contributed by atoms with E-state index in [-0.39, 0.29) is 5.41 Å². The van der Waals surface area contributed by atoms with Crippen molar-refractivity contribution in [2.45, 2.75) is 26.2 Å². The van der Waals surface area contributed by atoms with Gasteiger partial charge in [-0.05, 0) is 29.8 Å². The summed E-state index contributed by atoms with van der Waals surface area (Å²) in [7, 11) is 0. The average Bonchev–Trinajstić information content (AvgIpc) is 3.31. The van der Waals surface area contributed by atoms with Gasteiger partial charge >= 0.3 is 0 Å². The largest absolute Gasteiger partial charge is 0.283 e. The maximum atomic E-state index is 6.08.